The number of nitrogens with zero attached hydrogens (tertiary/aromatic N) is 2. The van der Waals surface area contributed by atoms with Gasteiger partial charge in [-0.25, -0.2) is 0 Å². The molecule has 0 spiro atoms. The first kappa shape index (κ1) is 13.2. The Labute approximate surface area is 112 Å². The van der Waals surface area contributed by atoms with E-state index in [1.165, 1.54) is 0 Å². The van der Waals surface area contributed by atoms with Gasteiger partial charge in [0.05, 0.1) is 18.2 Å². The van der Waals surface area contributed by atoms with Crippen LogP contribution in [0.3, 0.4) is 0 Å². The van der Waals surface area contributed by atoms with Crippen LogP contribution < -0.4 is 10.1 Å². The Morgan fingerprint density at radius 2 is 2.17 bits per heavy atom. The first-order valence-corrected chi connectivity index (χ1v) is 6.32. The minimum absolute atomic E-state index is 0.351. The van der Waals surface area contributed by atoms with Gasteiger partial charge < -0.3 is 10.1 Å². The van der Waals surface area contributed by atoms with Crippen molar-refractivity contribution < 1.29 is 4.74 Å². The molecular weight excluding hydrogens is 250 g/mol. The number of ether oxygens (including phenoxy) is 1. The molecule has 0 radical (unpaired) electrons. The van der Waals surface area contributed by atoms with Gasteiger partial charge in [0.1, 0.15) is 11.8 Å². The van der Waals surface area contributed by atoms with E-state index in [1.54, 1.807) is 13.2 Å². The first-order chi connectivity index (χ1) is 8.77. The highest BCUT2D eigenvalue weighted by molar-refractivity contribution is 6.31. The SMILES string of the molecule is COc1cccc(Cl)c1C(C#N)N1CCNCC1. The number of methoxy groups -OCH3 is 1. The van der Waals surface area contributed by atoms with Gasteiger partial charge in [0, 0.05) is 31.7 Å². The molecule has 0 amide bonds. The Morgan fingerprint density at radius 1 is 1.44 bits per heavy atom. The zero-order valence-electron chi connectivity index (χ0n) is 10.3. The van der Waals surface area contributed by atoms with E-state index in [0.717, 1.165) is 31.7 Å². The van der Waals surface area contributed by atoms with Crippen LogP contribution in [0.1, 0.15) is 11.6 Å². The molecule has 1 N–H and O–H groups in total. The maximum Gasteiger partial charge on any atom is 0.128 e. The summed E-state index contributed by atoms with van der Waals surface area (Å²) in [7, 11) is 1.60. The summed E-state index contributed by atoms with van der Waals surface area (Å²) in [5.74, 6) is 0.674. The Bertz CT molecular complexity index is 452. The molecule has 0 saturated carbocycles. The lowest BCUT2D eigenvalue weighted by Gasteiger charge is -2.32. The Kier molecular flexibility index (Phi) is 4.43. The average Bonchev–Trinajstić information content (AvgIpc) is 2.42. The summed E-state index contributed by atoms with van der Waals surface area (Å²) in [6, 6.07) is 7.45. The highest BCUT2D eigenvalue weighted by Gasteiger charge is 2.26. The molecule has 0 aliphatic carbocycles. The van der Waals surface area contributed by atoms with Gasteiger partial charge in [0.15, 0.2) is 0 Å². The van der Waals surface area contributed by atoms with E-state index in [0.29, 0.717) is 10.8 Å². The van der Waals surface area contributed by atoms with E-state index in [-0.39, 0.29) is 6.04 Å². The lowest BCUT2D eigenvalue weighted by Crippen LogP contribution is -2.44. The molecule has 1 aliphatic rings. The minimum Gasteiger partial charge on any atom is -0.496 e. The smallest absolute Gasteiger partial charge is 0.128 e. The maximum atomic E-state index is 9.45. The number of halogens is 1. The quantitative estimate of drug-likeness (QED) is 0.906. The molecule has 0 aromatic heterocycles. The van der Waals surface area contributed by atoms with Gasteiger partial charge in [0.25, 0.3) is 0 Å². The molecule has 18 heavy (non-hydrogen) atoms. The normalized spacial score (nSPS) is 18.1. The summed E-state index contributed by atoms with van der Waals surface area (Å²) in [4.78, 5) is 2.13. The molecule has 1 heterocycles. The van der Waals surface area contributed by atoms with Crippen LogP contribution in [0.15, 0.2) is 18.2 Å². The predicted molar refractivity (Wildman–Crippen MR) is 70.8 cm³/mol. The lowest BCUT2D eigenvalue weighted by atomic mass is 10.0. The van der Waals surface area contributed by atoms with Gasteiger partial charge in [-0.2, -0.15) is 5.26 Å². The largest absolute Gasteiger partial charge is 0.496 e. The molecule has 2 rings (SSSR count). The summed E-state index contributed by atoms with van der Waals surface area (Å²) < 4.78 is 5.32. The Balaban J connectivity index is 2.35. The van der Waals surface area contributed by atoms with Crippen molar-refractivity contribution >= 4 is 11.6 Å². The van der Waals surface area contributed by atoms with E-state index in [2.05, 4.69) is 16.3 Å². The number of hydrogen-bond acceptors (Lipinski definition) is 4. The number of piperazine rings is 1. The zero-order valence-corrected chi connectivity index (χ0v) is 11.1. The highest BCUT2D eigenvalue weighted by atomic mass is 35.5. The minimum atomic E-state index is -0.351. The molecule has 1 atom stereocenters. The van der Waals surface area contributed by atoms with E-state index in [4.69, 9.17) is 16.3 Å². The van der Waals surface area contributed by atoms with Crippen LogP contribution >= 0.6 is 11.6 Å². The summed E-state index contributed by atoms with van der Waals surface area (Å²) in [6.45, 7) is 3.47. The molecular formula is C13H16ClN3O. The number of rotatable bonds is 3. The van der Waals surface area contributed by atoms with Crippen LogP contribution in [0.2, 0.25) is 5.02 Å². The average molecular weight is 266 g/mol. The summed E-state index contributed by atoms with van der Waals surface area (Å²) in [5.41, 5.74) is 0.770. The van der Waals surface area contributed by atoms with E-state index in [9.17, 15) is 5.26 Å². The highest BCUT2D eigenvalue weighted by Crippen LogP contribution is 2.35. The first-order valence-electron chi connectivity index (χ1n) is 5.94. The van der Waals surface area contributed by atoms with Crippen LogP contribution in [-0.2, 0) is 0 Å². The third-order valence-electron chi connectivity index (χ3n) is 3.15. The van der Waals surface area contributed by atoms with Crippen molar-refractivity contribution in [3.8, 4) is 11.8 Å². The predicted octanol–water partition coefficient (Wildman–Crippen LogP) is 1.82. The maximum absolute atomic E-state index is 9.45. The molecule has 1 unspecified atom stereocenters. The van der Waals surface area contributed by atoms with Crippen molar-refractivity contribution in [2.75, 3.05) is 33.3 Å². The molecule has 5 heteroatoms. The van der Waals surface area contributed by atoms with Gasteiger partial charge in [-0.15, -0.1) is 0 Å². The number of hydrogen-bond donors (Lipinski definition) is 1. The third-order valence-corrected chi connectivity index (χ3v) is 3.47. The van der Waals surface area contributed by atoms with Crippen LogP contribution in [0.25, 0.3) is 0 Å². The van der Waals surface area contributed by atoms with Crippen molar-refractivity contribution in [1.29, 1.82) is 5.26 Å². The Hall–Kier alpha value is -1.28. The fourth-order valence-electron chi connectivity index (χ4n) is 2.23. The number of nitriles is 1. The van der Waals surface area contributed by atoms with Crippen LogP contribution in [0, 0.1) is 11.3 Å². The summed E-state index contributed by atoms with van der Waals surface area (Å²) >= 11 is 6.23. The zero-order chi connectivity index (χ0) is 13.0. The summed E-state index contributed by atoms with van der Waals surface area (Å²) in [5, 5.41) is 13.3. The van der Waals surface area contributed by atoms with Gasteiger partial charge >= 0.3 is 0 Å². The van der Waals surface area contributed by atoms with Crippen molar-refractivity contribution in [3.63, 3.8) is 0 Å². The van der Waals surface area contributed by atoms with Crippen molar-refractivity contribution in [2.24, 2.45) is 0 Å². The molecule has 1 aromatic rings. The van der Waals surface area contributed by atoms with Crippen LogP contribution in [0.5, 0.6) is 5.75 Å². The van der Waals surface area contributed by atoms with Gasteiger partial charge in [-0.3, -0.25) is 4.90 Å². The standard InChI is InChI=1S/C13H16ClN3O/c1-18-12-4-2-3-10(14)13(12)11(9-15)17-7-5-16-6-8-17/h2-4,11,16H,5-8H2,1H3. The molecule has 0 bridgehead atoms. The van der Waals surface area contributed by atoms with E-state index < -0.39 is 0 Å². The summed E-state index contributed by atoms with van der Waals surface area (Å²) in [6.07, 6.45) is 0. The van der Waals surface area contributed by atoms with E-state index >= 15 is 0 Å². The van der Waals surface area contributed by atoms with Crippen molar-refractivity contribution in [3.05, 3.63) is 28.8 Å². The Morgan fingerprint density at radius 3 is 2.78 bits per heavy atom. The number of benzene rings is 1. The van der Waals surface area contributed by atoms with Gasteiger partial charge in [0.2, 0.25) is 0 Å². The van der Waals surface area contributed by atoms with Crippen LogP contribution in [0.4, 0.5) is 0 Å². The van der Waals surface area contributed by atoms with Crippen molar-refractivity contribution in [2.45, 2.75) is 6.04 Å². The molecule has 96 valence electrons. The molecule has 4 nitrogen and oxygen atoms in total. The monoisotopic (exact) mass is 265 g/mol. The second-order valence-corrected chi connectivity index (χ2v) is 4.58. The fourth-order valence-corrected chi connectivity index (χ4v) is 2.50. The van der Waals surface area contributed by atoms with Crippen molar-refractivity contribution in [1.82, 2.24) is 10.2 Å². The second-order valence-electron chi connectivity index (χ2n) is 4.17. The van der Waals surface area contributed by atoms with Gasteiger partial charge in [-0.05, 0) is 12.1 Å². The fraction of sp³-hybridized carbons (Fsp3) is 0.462. The number of nitrogens with one attached hydrogen (secondary N) is 1. The molecule has 1 fully saturated rings. The van der Waals surface area contributed by atoms with E-state index in [1.807, 2.05) is 12.1 Å². The third kappa shape index (κ3) is 2.59. The lowest BCUT2D eigenvalue weighted by molar-refractivity contribution is 0.204. The molecule has 1 saturated heterocycles. The van der Waals surface area contributed by atoms with Crippen LogP contribution in [-0.4, -0.2) is 38.2 Å². The molecule has 1 aliphatic heterocycles. The molecule has 1 aromatic carbocycles. The second kappa shape index (κ2) is 6.05. The van der Waals surface area contributed by atoms with Gasteiger partial charge in [-0.1, -0.05) is 17.7 Å². The topological polar surface area (TPSA) is 48.3 Å².